The highest BCUT2D eigenvalue weighted by atomic mass is 16.5. The minimum atomic E-state index is -0.215. The van der Waals surface area contributed by atoms with Gasteiger partial charge in [-0.15, -0.1) is 0 Å². The summed E-state index contributed by atoms with van der Waals surface area (Å²) in [5.41, 5.74) is 0.834. The molecule has 24 heavy (non-hydrogen) atoms. The molecule has 2 heterocycles. The first-order chi connectivity index (χ1) is 11.6. The summed E-state index contributed by atoms with van der Waals surface area (Å²) < 4.78 is 5.15. The Morgan fingerprint density at radius 3 is 2.62 bits per heavy atom. The van der Waals surface area contributed by atoms with E-state index < -0.39 is 0 Å². The molecule has 2 fully saturated rings. The van der Waals surface area contributed by atoms with E-state index in [2.05, 4.69) is 6.92 Å². The summed E-state index contributed by atoms with van der Waals surface area (Å²) in [6.07, 6.45) is 3.63. The van der Waals surface area contributed by atoms with Crippen molar-refractivity contribution >= 4 is 17.5 Å². The standard InChI is InChI=1S/C19H26N2O3/c1-14-4-3-10-20(11-9-14)19(23)15-12-18(22)21(13-15)16-5-7-17(24-2)8-6-16/h5-8,14-15H,3-4,9-13H2,1-2H3. The Kier molecular flexibility index (Phi) is 5.07. The lowest BCUT2D eigenvalue weighted by atomic mass is 10.0. The van der Waals surface area contributed by atoms with Gasteiger partial charge in [0.2, 0.25) is 11.8 Å². The van der Waals surface area contributed by atoms with Crippen LogP contribution in [0.15, 0.2) is 24.3 Å². The molecule has 1 aromatic rings. The first-order valence-electron chi connectivity index (χ1n) is 8.81. The molecule has 2 atom stereocenters. The fraction of sp³-hybridized carbons (Fsp3) is 0.579. The van der Waals surface area contributed by atoms with Crippen molar-refractivity contribution in [2.75, 3.05) is 31.6 Å². The molecule has 1 aromatic carbocycles. The Morgan fingerprint density at radius 2 is 1.92 bits per heavy atom. The first-order valence-corrected chi connectivity index (χ1v) is 8.81. The van der Waals surface area contributed by atoms with Crippen LogP contribution in [0.4, 0.5) is 5.69 Å². The molecule has 0 aromatic heterocycles. The quantitative estimate of drug-likeness (QED) is 0.856. The van der Waals surface area contributed by atoms with Crippen molar-refractivity contribution in [1.29, 1.82) is 0 Å². The van der Waals surface area contributed by atoms with E-state index in [9.17, 15) is 9.59 Å². The summed E-state index contributed by atoms with van der Waals surface area (Å²) in [7, 11) is 1.62. The molecule has 0 N–H and O–H groups in total. The number of carbonyl (C=O) groups is 2. The van der Waals surface area contributed by atoms with E-state index in [1.165, 1.54) is 6.42 Å². The number of hydrogen-bond donors (Lipinski definition) is 0. The average molecular weight is 330 g/mol. The molecule has 0 aliphatic carbocycles. The van der Waals surface area contributed by atoms with Crippen molar-refractivity contribution in [2.24, 2.45) is 11.8 Å². The summed E-state index contributed by atoms with van der Waals surface area (Å²) in [5, 5.41) is 0. The number of likely N-dealkylation sites (tertiary alicyclic amines) is 1. The average Bonchev–Trinajstić information content (AvgIpc) is 2.85. The second-order valence-electron chi connectivity index (χ2n) is 6.96. The van der Waals surface area contributed by atoms with Crippen molar-refractivity contribution in [3.8, 4) is 5.75 Å². The van der Waals surface area contributed by atoms with Gasteiger partial charge in [-0.25, -0.2) is 0 Å². The second-order valence-corrected chi connectivity index (χ2v) is 6.96. The smallest absolute Gasteiger partial charge is 0.228 e. The van der Waals surface area contributed by atoms with Crippen LogP contribution in [0.3, 0.4) is 0 Å². The van der Waals surface area contributed by atoms with E-state index in [4.69, 9.17) is 4.74 Å². The highest BCUT2D eigenvalue weighted by Gasteiger charge is 2.37. The molecular weight excluding hydrogens is 304 g/mol. The van der Waals surface area contributed by atoms with E-state index >= 15 is 0 Å². The van der Waals surface area contributed by atoms with Gasteiger partial charge in [-0.3, -0.25) is 9.59 Å². The summed E-state index contributed by atoms with van der Waals surface area (Å²) >= 11 is 0. The maximum atomic E-state index is 12.8. The van der Waals surface area contributed by atoms with Gasteiger partial charge in [-0.05, 0) is 49.4 Å². The van der Waals surface area contributed by atoms with Crippen LogP contribution in [-0.4, -0.2) is 43.5 Å². The molecule has 0 bridgehead atoms. The Morgan fingerprint density at radius 1 is 1.17 bits per heavy atom. The second kappa shape index (κ2) is 7.24. The van der Waals surface area contributed by atoms with Gasteiger partial charge in [0.05, 0.1) is 13.0 Å². The maximum Gasteiger partial charge on any atom is 0.228 e. The molecule has 2 saturated heterocycles. The fourth-order valence-corrected chi connectivity index (χ4v) is 3.63. The number of carbonyl (C=O) groups excluding carboxylic acids is 2. The van der Waals surface area contributed by atoms with Crippen LogP contribution in [-0.2, 0) is 9.59 Å². The predicted octanol–water partition coefficient (Wildman–Crippen LogP) is 2.70. The van der Waals surface area contributed by atoms with Crippen LogP contribution in [0.5, 0.6) is 5.75 Å². The van der Waals surface area contributed by atoms with Crippen LogP contribution in [0.2, 0.25) is 0 Å². The number of nitrogens with zero attached hydrogens (tertiary/aromatic N) is 2. The topological polar surface area (TPSA) is 49.9 Å². The van der Waals surface area contributed by atoms with Crippen LogP contribution < -0.4 is 9.64 Å². The molecular formula is C19H26N2O3. The summed E-state index contributed by atoms with van der Waals surface area (Å²) in [5.74, 6) is 1.41. The molecule has 5 nitrogen and oxygen atoms in total. The van der Waals surface area contributed by atoms with Gasteiger partial charge in [0.25, 0.3) is 0 Å². The van der Waals surface area contributed by atoms with E-state index in [0.29, 0.717) is 18.9 Å². The van der Waals surface area contributed by atoms with Gasteiger partial charge in [0.15, 0.2) is 0 Å². The minimum Gasteiger partial charge on any atom is -0.497 e. The Labute approximate surface area is 143 Å². The molecule has 0 saturated carbocycles. The monoisotopic (exact) mass is 330 g/mol. The molecule has 0 spiro atoms. The Hall–Kier alpha value is -2.04. The van der Waals surface area contributed by atoms with Gasteiger partial charge < -0.3 is 14.5 Å². The number of hydrogen-bond acceptors (Lipinski definition) is 3. The lowest BCUT2D eigenvalue weighted by Crippen LogP contribution is -2.38. The van der Waals surface area contributed by atoms with Crippen molar-refractivity contribution < 1.29 is 14.3 Å². The van der Waals surface area contributed by atoms with Gasteiger partial charge in [-0.2, -0.15) is 0 Å². The molecule has 2 amide bonds. The summed E-state index contributed by atoms with van der Waals surface area (Å²) in [6, 6.07) is 7.43. The molecule has 2 aliphatic heterocycles. The van der Waals surface area contributed by atoms with Gasteiger partial charge in [-0.1, -0.05) is 6.92 Å². The number of methoxy groups -OCH3 is 1. The Bertz CT molecular complexity index is 599. The van der Waals surface area contributed by atoms with E-state index in [1.807, 2.05) is 29.2 Å². The highest BCUT2D eigenvalue weighted by molar-refractivity contribution is 6.00. The number of amides is 2. The van der Waals surface area contributed by atoms with Crippen LogP contribution in [0.1, 0.15) is 32.6 Å². The highest BCUT2D eigenvalue weighted by Crippen LogP contribution is 2.28. The molecule has 2 aliphatic rings. The number of benzene rings is 1. The maximum absolute atomic E-state index is 12.8. The Balaban J connectivity index is 1.66. The zero-order valence-electron chi connectivity index (χ0n) is 14.5. The molecule has 3 rings (SSSR count). The zero-order valence-corrected chi connectivity index (χ0v) is 14.5. The largest absolute Gasteiger partial charge is 0.497 e. The normalized spacial score (nSPS) is 24.8. The lowest BCUT2D eigenvalue weighted by molar-refractivity contribution is -0.135. The number of rotatable bonds is 3. The van der Waals surface area contributed by atoms with Crippen molar-refractivity contribution in [3.63, 3.8) is 0 Å². The molecule has 2 unspecified atom stereocenters. The van der Waals surface area contributed by atoms with E-state index in [-0.39, 0.29) is 17.7 Å². The van der Waals surface area contributed by atoms with Gasteiger partial charge in [0, 0.05) is 31.7 Å². The van der Waals surface area contributed by atoms with E-state index in [1.54, 1.807) is 12.0 Å². The number of ether oxygens (including phenoxy) is 1. The SMILES string of the molecule is COc1ccc(N2CC(C(=O)N3CCCC(C)CC3)CC2=O)cc1. The van der Waals surface area contributed by atoms with Crippen LogP contribution in [0, 0.1) is 11.8 Å². The molecule has 0 radical (unpaired) electrons. The number of anilines is 1. The van der Waals surface area contributed by atoms with Crippen molar-refractivity contribution in [1.82, 2.24) is 4.90 Å². The fourth-order valence-electron chi connectivity index (χ4n) is 3.63. The van der Waals surface area contributed by atoms with E-state index in [0.717, 1.165) is 37.4 Å². The van der Waals surface area contributed by atoms with Crippen LogP contribution >= 0.6 is 0 Å². The van der Waals surface area contributed by atoms with Gasteiger partial charge in [0.1, 0.15) is 5.75 Å². The van der Waals surface area contributed by atoms with Gasteiger partial charge >= 0.3 is 0 Å². The molecule has 5 heteroatoms. The lowest BCUT2D eigenvalue weighted by Gasteiger charge is -2.24. The van der Waals surface area contributed by atoms with Crippen molar-refractivity contribution in [2.45, 2.75) is 32.6 Å². The summed E-state index contributed by atoms with van der Waals surface area (Å²) in [6.45, 7) is 4.39. The third-order valence-electron chi connectivity index (χ3n) is 5.19. The molecule has 130 valence electrons. The minimum absolute atomic E-state index is 0.0294. The first kappa shape index (κ1) is 16.8. The third-order valence-corrected chi connectivity index (χ3v) is 5.19. The zero-order chi connectivity index (χ0) is 17.1. The van der Waals surface area contributed by atoms with Crippen molar-refractivity contribution in [3.05, 3.63) is 24.3 Å². The third kappa shape index (κ3) is 3.55. The summed E-state index contributed by atoms with van der Waals surface area (Å²) in [4.78, 5) is 28.9. The van der Waals surface area contributed by atoms with Crippen LogP contribution in [0.25, 0.3) is 0 Å². The predicted molar refractivity (Wildman–Crippen MR) is 93.0 cm³/mol.